The molecule has 0 saturated heterocycles. The van der Waals surface area contributed by atoms with Crippen molar-refractivity contribution in [1.82, 2.24) is 4.98 Å². The fourth-order valence-corrected chi connectivity index (χ4v) is 1.40. The number of carbonyl (C=O) groups excluding carboxylic acids is 2. The number of rotatable bonds is 3. The summed E-state index contributed by atoms with van der Waals surface area (Å²) in [5, 5.41) is 0. The lowest BCUT2D eigenvalue weighted by Gasteiger charge is -1.93. The molecule has 0 N–H and O–H groups in total. The lowest BCUT2D eigenvalue weighted by atomic mass is 10.1. The van der Waals surface area contributed by atoms with Crippen molar-refractivity contribution in [3.8, 4) is 0 Å². The van der Waals surface area contributed by atoms with Gasteiger partial charge in [0.05, 0.1) is 5.56 Å². The normalized spacial score (nSPS) is 10.5. The minimum atomic E-state index is -0.584. The summed E-state index contributed by atoms with van der Waals surface area (Å²) >= 11 is 0. The first-order chi connectivity index (χ1) is 7.26. The van der Waals surface area contributed by atoms with E-state index in [1.54, 1.807) is 18.2 Å². The Bertz CT molecular complexity index is 528. The van der Waals surface area contributed by atoms with Crippen molar-refractivity contribution < 1.29 is 14.0 Å². The minimum absolute atomic E-state index is 0.273. The highest BCUT2D eigenvalue weighted by Crippen LogP contribution is 2.20. The third kappa shape index (κ3) is 1.54. The molecule has 15 heavy (non-hydrogen) atoms. The van der Waals surface area contributed by atoms with E-state index in [-0.39, 0.29) is 11.8 Å². The van der Waals surface area contributed by atoms with Crippen LogP contribution in [-0.2, 0) is 11.2 Å². The monoisotopic (exact) mass is 203 g/mol. The maximum absolute atomic E-state index is 11.3. The van der Waals surface area contributed by atoms with Gasteiger partial charge < -0.3 is 4.42 Å². The highest BCUT2D eigenvalue weighted by atomic mass is 16.3. The first-order valence-electron chi connectivity index (χ1n) is 4.64. The molecular weight excluding hydrogens is 194 g/mol. The summed E-state index contributed by atoms with van der Waals surface area (Å²) in [6, 6.07) is 4.99. The van der Waals surface area contributed by atoms with Crippen molar-refractivity contribution in [3.63, 3.8) is 0 Å². The predicted octanol–water partition coefficient (Wildman–Crippen LogP) is 1.77. The van der Waals surface area contributed by atoms with Gasteiger partial charge in [0.1, 0.15) is 5.52 Å². The number of Topliss-reactive ketones (excluding diaryl/α,β-unsaturated/α-hetero) is 1. The highest BCUT2D eigenvalue weighted by Gasteiger charge is 2.13. The first-order valence-corrected chi connectivity index (χ1v) is 4.64. The van der Waals surface area contributed by atoms with Gasteiger partial charge in [-0.25, -0.2) is 4.98 Å². The van der Waals surface area contributed by atoms with Gasteiger partial charge in [0.25, 0.3) is 0 Å². The SMILES string of the molecule is CCc1nc2cccc(C(=O)C=O)c2o1. The summed E-state index contributed by atoms with van der Waals surface area (Å²) in [6.07, 6.45) is 0.937. The molecule has 4 heteroatoms. The molecule has 4 nitrogen and oxygen atoms in total. The van der Waals surface area contributed by atoms with Crippen molar-refractivity contribution in [2.24, 2.45) is 0 Å². The van der Waals surface area contributed by atoms with Crippen molar-refractivity contribution in [2.75, 3.05) is 0 Å². The standard InChI is InChI=1S/C11H9NO3/c1-2-10-12-8-5-3-4-7(9(14)6-13)11(8)15-10/h3-6H,2H2,1H3. The Hall–Kier alpha value is -1.97. The molecule has 0 aliphatic rings. The van der Waals surface area contributed by atoms with Gasteiger partial charge in [0.15, 0.2) is 17.8 Å². The highest BCUT2D eigenvalue weighted by molar-refractivity contribution is 6.35. The van der Waals surface area contributed by atoms with Crippen LogP contribution < -0.4 is 0 Å². The molecule has 0 spiro atoms. The van der Waals surface area contributed by atoms with Crippen molar-refractivity contribution in [3.05, 3.63) is 29.7 Å². The van der Waals surface area contributed by atoms with Gasteiger partial charge in [0.2, 0.25) is 5.78 Å². The van der Waals surface area contributed by atoms with E-state index in [1.807, 2.05) is 6.92 Å². The van der Waals surface area contributed by atoms with E-state index in [9.17, 15) is 9.59 Å². The van der Waals surface area contributed by atoms with Gasteiger partial charge in [-0.05, 0) is 12.1 Å². The number of benzene rings is 1. The van der Waals surface area contributed by atoms with Crippen LogP contribution >= 0.6 is 0 Å². The molecule has 1 aromatic carbocycles. The summed E-state index contributed by atoms with van der Waals surface area (Å²) in [5.74, 6) is -0.0180. The number of ketones is 1. The van der Waals surface area contributed by atoms with Crippen LogP contribution in [0.1, 0.15) is 23.2 Å². The average molecular weight is 203 g/mol. The fourth-order valence-electron chi connectivity index (χ4n) is 1.40. The molecule has 0 radical (unpaired) electrons. The predicted molar refractivity (Wildman–Crippen MR) is 53.8 cm³/mol. The number of hydrogen-bond donors (Lipinski definition) is 0. The number of fused-ring (bicyclic) bond motifs is 1. The van der Waals surface area contributed by atoms with E-state index >= 15 is 0 Å². The van der Waals surface area contributed by atoms with Crippen LogP contribution in [0.4, 0.5) is 0 Å². The zero-order valence-electron chi connectivity index (χ0n) is 8.19. The molecule has 0 saturated carbocycles. The van der Waals surface area contributed by atoms with E-state index in [4.69, 9.17) is 4.42 Å². The Morgan fingerprint density at radius 2 is 2.33 bits per heavy atom. The number of para-hydroxylation sites is 1. The number of oxazole rings is 1. The molecule has 0 atom stereocenters. The molecular formula is C11H9NO3. The number of aromatic nitrogens is 1. The van der Waals surface area contributed by atoms with Gasteiger partial charge in [-0.3, -0.25) is 9.59 Å². The fraction of sp³-hybridized carbons (Fsp3) is 0.182. The Morgan fingerprint density at radius 1 is 1.53 bits per heavy atom. The Balaban J connectivity index is 2.69. The number of carbonyl (C=O) groups is 2. The molecule has 0 bridgehead atoms. The second kappa shape index (κ2) is 3.65. The lowest BCUT2D eigenvalue weighted by molar-refractivity contribution is -0.104. The molecule has 76 valence electrons. The smallest absolute Gasteiger partial charge is 0.229 e. The Morgan fingerprint density at radius 3 is 3.00 bits per heavy atom. The molecule has 0 amide bonds. The Labute approximate surface area is 85.9 Å². The van der Waals surface area contributed by atoms with Gasteiger partial charge in [-0.2, -0.15) is 0 Å². The maximum atomic E-state index is 11.3. The van der Waals surface area contributed by atoms with Crippen molar-refractivity contribution in [2.45, 2.75) is 13.3 Å². The van der Waals surface area contributed by atoms with E-state index in [0.717, 1.165) is 0 Å². The zero-order chi connectivity index (χ0) is 10.8. The molecule has 0 unspecified atom stereocenters. The molecule has 0 fully saturated rings. The molecule has 2 rings (SSSR count). The molecule has 0 aliphatic carbocycles. The van der Waals surface area contributed by atoms with Crippen LogP contribution in [-0.4, -0.2) is 17.1 Å². The van der Waals surface area contributed by atoms with Crippen LogP contribution in [0.3, 0.4) is 0 Å². The van der Waals surface area contributed by atoms with Gasteiger partial charge in [0, 0.05) is 6.42 Å². The third-order valence-electron chi connectivity index (χ3n) is 2.13. The van der Waals surface area contributed by atoms with E-state index in [2.05, 4.69) is 4.98 Å². The molecule has 1 heterocycles. The molecule has 1 aromatic heterocycles. The van der Waals surface area contributed by atoms with Crippen LogP contribution in [0.5, 0.6) is 0 Å². The minimum Gasteiger partial charge on any atom is -0.440 e. The summed E-state index contributed by atoms with van der Waals surface area (Å²) < 4.78 is 5.38. The molecule has 0 aliphatic heterocycles. The zero-order valence-corrected chi connectivity index (χ0v) is 8.19. The van der Waals surface area contributed by atoms with Gasteiger partial charge in [-0.1, -0.05) is 13.0 Å². The van der Waals surface area contributed by atoms with Crippen LogP contribution in [0.15, 0.2) is 22.6 Å². The average Bonchev–Trinajstić information content (AvgIpc) is 2.70. The lowest BCUT2D eigenvalue weighted by Crippen LogP contribution is -1.99. The molecule has 2 aromatic rings. The topological polar surface area (TPSA) is 60.2 Å². The quantitative estimate of drug-likeness (QED) is 0.433. The van der Waals surface area contributed by atoms with Crippen LogP contribution in [0, 0.1) is 0 Å². The number of aryl methyl sites for hydroxylation is 1. The van der Waals surface area contributed by atoms with Crippen molar-refractivity contribution >= 4 is 23.2 Å². The summed E-state index contributed by atoms with van der Waals surface area (Å²) in [6.45, 7) is 1.91. The maximum Gasteiger partial charge on any atom is 0.229 e. The van der Waals surface area contributed by atoms with Crippen LogP contribution in [0.25, 0.3) is 11.1 Å². The summed E-state index contributed by atoms with van der Waals surface area (Å²) in [4.78, 5) is 25.9. The van der Waals surface area contributed by atoms with E-state index in [0.29, 0.717) is 23.4 Å². The summed E-state index contributed by atoms with van der Waals surface area (Å²) in [7, 11) is 0. The third-order valence-corrected chi connectivity index (χ3v) is 2.13. The van der Waals surface area contributed by atoms with Crippen LogP contribution in [0.2, 0.25) is 0 Å². The van der Waals surface area contributed by atoms with E-state index in [1.165, 1.54) is 0 Å². The number of hydrogen-bond acceptors (Lipinski definition) is 4. The number of aldehydes is 1. The first kappa shape index (κ1) is 9.58. The van der Waals surface area contributed by atoms with Gasteiger partial charge >= 0.3 is 0 Å². The van der Waals surface area contributed by atoms with Crippen molar-refractivity contribution in [1.29, 1.82) is 0 Å². The largest absolute Gasteiger partial charge is 0.440 e. The second-order valence-electron chi connectivity index (χ2n) is 3.10. The summed E-state index contributed by atoms with van der Waals surface area (Å²) in [5.41, 5.74) is 1.28. The number of nitrogens with zero attached hydrogens (tertiary/aromatic N) is 1. The van der Waals surface area contributed by atoms with Gasteiger partial charge in [-0.15, -0.1) is 0 Å². The Kier molecular flexibility index (Phi) is 2.33. The second-order valence-corrected chi connectivity index (χ2v) is 3.10. The van der Waals surface area contributed by atoms with E-state index < -0.39 is 5.78 Å².